The van der Waals surface area contributed by atoms with Gasteiger partial charge in [0, 0.05) is 5.69 Å². The van der Waals surface area contributed by atoms with Gasteiger partial charge >= 0.3 is 6.09 Å². The van der Waals surface area contributed by atoms with E-state index in [4.69, 9.17) is 14.2 Å². The van der Waals surface area contributed by atoms with Crippen LogP contribution in [0.1, 0.15) is 6.92 Å². The standard InChI is InChI=1S/C16H17NO4/c1-3-20-16(18)17-12-4-6-14(7-5-12)21-15-10-8-13(19-2)9-11-15/h4-11H,3H2,1-2H3,(H,17,18). The highest BCUT2D eigenvalue weighted by atomic mass is 16.5. The van der Waals surface area contributed by atoms with Crippen LogP contribution in [0.5, 0.6) is 17.2 Å². The number of methoxy groups -OCH3 is 1. The first-order valence-electron chi connectivity index (χ1n) is 6.57. The van der Waals surface area contributed by atoms with Crippen LogP contribution in [0.3, 0.4) is 0 Å². The molecular formula is C16H17NO4. The summed E-state index contributed by atoms with van der Waals surface area (Å²) in [6.07, 6.45) is -0.471. The Morgan fingerprint density at radius 2 is 1.48 bits per heavy atom. The average Bonchev–Trinajstić information content (AvgIpc) is 2.50. The fourth-order valence-corrected chi connectivity index (χ4v) is 1.67. The lowest BCUT2D eigenvalue weighted by Gasteiger charge is -2.08. The lowest BCUT2D eigenvalue weighted by Crippen LogP contribution is -2.12. The zero-order valence-electron chi connectivity index (χ0n) is 12.0. The molecule has 0 atom stereocenters. The Bertz CT molecular complexity index is 578. The Morgan fingerprint density at radius 3 is 2.00 bits per heavy atom. The third-order valence-electron chi connectivity index (χ3n) is 2.67. The van der Waals surface area contributed by atoms with Gasteiger partial charge in [0.25, 0.3) is 0 Å². The lowest BCUT2D eigenvalue weighted by atomic mass is 10.3. The first-order chi connectivity index (χ1) is 10.2. The molecule has 0 aliphatic heterocycles. The van der Waals surface area contributed by atoms with Crippen LogP contribution in [0.2, 0.25) is 0 Å². The summed E-state index contributed by atoms with van der Waals surface area (Å²) in [6, 6.07) is 14.3. The van der Waals surface area contributed by atoms with Crippen molar-refractivity contribution in [1.29, 1.82) is 0 Å². The van der Waals surface area contributed by atoms with Crippen molar-refractivity contribution in [3.63, 3.8) is 0 Å². The SMILES string of the molecule is CCOC(=O)Nc1ccc(Oc2ccc(OC)cc2)cc1. The van der Waals surface area contributed by atoms with E-state index in [1.165, 1.54) is 0 Å². The van der Waals surface area contributed by atoms with Crippen molar-refractivity contribution in [2.45, 2.75) is 6.92 Å². The number of ether oxygens (including phenoxy) is 3. The van der Waals surface area contributed by atoms with Crippen molar-refractivity contribution in [1.82, 2.24) is 0 Å². The number of nitrogens with one attached hydrogen (secondary N) is 1. The normalized spacial score (nSPS) is 9.81. The van der Waals surface area contributed by atoms with Crippen LogP contribution in [0.25, 0.3) is 0 Å². The molecule has 0 radical (unpaired) electrons. The molecule has 0 fully saturated rings. The average molecular weight is 287 g/mol. The summed E-state index contributed by atoms with van der Waals surface area (Å²) >= 11 is 0. The first-order valence-corrected chi connectivity index (χ1v) is 6.57. The highest BCUT2D eigenvalue weighted by molar-refractivity contribution is 5.84. The van der Waals surface area contributed by atoms with E-state index in [1.54, 1.807) is 38.3 Å². The van der Waals surface area contributed by atoms with E-state index in [9.17, 15) is 4.79 Å². The van der Waals surface area contributed by atoms with E-state index in [0.29, 0.717) is 23.8 Å². The summed E-state index contributed by atoms with van der Waals surface area (Å²) in [6.45, 7) is 2.09. The Kier molecular flexibility index (Phi) is 5.04. The van der Waals surface area contributed by atoms with Crippen LogP contribution in [0.15, 0.2) is 48.5 Å². The van der Waals surface area contributed by atoms with Gasteiger partial charge in [0.05, 0.1) is 13.7 Å². The Morgan fingerprint density at radius 1 is 0.952 bits per heavy atom. The Labute approximate surface area is 123 Å². The molecule has 0 unspecified atom stereocenters. The molecule has 2 aromatic rings. The zero-order valence-corrected chi connectivity index (χ0v) is 12.0. The largest absolute Gasteiger partial charge is 0.497 e. The monoisotopic (exact) mass is 287 g/mol. The predicted molar refractivity (Wildman–Crippen MR) is 80.2 cm³/mol. The van der Waals surface area contributed by atoms with Gasteiger partial charge in [-0.15, -0.1) is 0 Å². The minimum Gasteiger partial charge on any atom is -0.497 e. The summed E-state index contributed by atoms with van der Waals surface area (Å²) in [4.78, 5) is 11.3. The number of carbonyl (C=O) groups excluding carboxylic acids is 1. The third-order valence-corrected chi connectivity index (χ3v) is 2.67. The zero-order chi connectivity index (χ0) is 15.1. The molecule has 0 saturated carbocycles. The van der Waals surface area contributed by atoms with Crippen molar-refractivity contribution in [2.75, 3.05) is 19.0 Å². The van der Waals surface area contributed by atoms with Crippen molar-refractivity contribution < 1.29 is 19.0 Å². The van der Waals surface area contributed by atoms with Gasteiger partial charge in [-0.05, 0) is 55.5 Å². The molecule has 0 aliphatic carbocycles. The summed E-state index contributed by atoms with van der Waals surface area (Å²) < 4.78 is 15.6. The summed E-state index contributed by atoms with van der Waals surface area (Å²) in [5.41, 5.74) is 0.649. The maximum atomic E-state index is 11.3. The van der Waals surface area contributed by atoms with Gasteiger partial charge < -0.3 is 14.2 Å². The number of benzene rings is 2. The fourth-order valence-electron chi connectivity index (χ4n) is 1.67. The third kappa shape index (κ3) is 4.42. The number of rotatable bonds is 5. The van der Waals surface area contributed by atoms with Gasteiger partial charge in [-0.2, -0.15) is 0 Å². The molecule has 0 aromatic heterocycles. The highest BCUT2D eigenvalue weighted by Crippen LogP contribution is 2.24. The molecule has 5 nitrogen and oxygen atoms in total. The molecular weight excluding hydrogens is 270 g/mol. The Hall–Kier alpha value is -2.69. The molecule has 0 aliphatic rings. The van der Waals surface area contributed by atoms with Gasteiger partial charge in [-0.1, -0.05) is 0 Å². The highest BCUT2D eigenvalue weighted by Gasteiger charge is 2.02. The van der Waals surface area contributed by atoms with E-state index in [2.05, 4.69) is 5.32 Å². The minimum absolute atomic E-state index is 0.338. The molecule has 0 saturated heterocycles. The maximum absolute atomic E-state index is 11.3. The molecule has 1 N–H and O–H groups in total. The van der Waals surface area contributed by atoms with Crippen LogP contribution < -0.4 is 14.8 Å². The number of carbonyl (C=O) groups is 1. The van der Waals surface area contributed by atoms with Crippen molar-refractivity contribution >= 4 is 11.8 Å². The number of hydrogen-bond acceptors (Lipinski definition) is 4. The molecule has 110 valence electrons. The van der Waals surface area contributed by atoms with Gasteiger partial charge in [0.15, 0.2) is 0 Å². The lowest BCUT2D eigenvalue weighted by molar-refractivity contribution is 0.168. The molecule has 2 rings (SSSR count). The van der Waals surface area contributed by atoms with Crippen LogP contribution >= 0.6 is 0 Å². The topological polar surface area (TPSA) is 56.8 Å². The molecule has 1 amide bonds. The van der Waals surface area contributed by atoms with Gasteiger partial charge in [0.1, 0.15) is 17.2 Å². The van der Waals surface area contributed by atoms with Gasteiger partial charge in [-0.25, -0.2) is 4.79 Å². The minimum atomic E-state index is -0.471. The molecule has 0 bridgehead atoms. The van der Waals surface area contributed by atoms with Crippen molar-refractivity contribution in [3.8, 4) is 17.2 Å². The second-order valence-electron chi connectivity index (χ2n) is 4.15. The molecule has 21 heavy (non-hydrogen) atoms. The Balaban J connectivity index is 1.96. The molecule has 0 spiro atoms. The van der Waals surface area contributed by atoms with Crippen molar-refractivity contribution in [3.05, 3.63) is 48.5 Å². The summed E-state index contributed by atoms with van der Waals surface area (Å²) in [7, 11) is 1.62. The number of amides is 1. The second kappa shape index (κ2) is 7.19. The van der Waals surface area contributed by atoms with E-state index in [0.717, 1.165) is 5.75 Å². The molecule has 2 aromatic carbocycles. The molecule has 5 heteroatoms. The smallest absolute Gasteiger partial charge is 0.411 e. The van der Waals surface area contributed by atoms with E-state index < -0.39 is 6.09 Å². The van der Waals surface area contributed by atoms with E-state index in [1.807, 2.05) is 24.3 Å². The summed E-state index contributed by atoms with van der Waals surface area (Å²) in [5.74, 6) is 2.16. The van der Waals surface area contributed by atoms with E-state index in [-0.39, 0.29) is 0 Å². The van der Waals surface area contributed by atoms with Crippen LogP contribution in [0.4, 0.5) is 10.5 Å². The predicted octanol–water partition coefficient (Wildman–Crippen LogP) is 4.06. The van der Waals surface area contributed by atoms with Gasteiger partial charge in [-0.3, -0.25) is 5.32 Å². The molecule has 0 heterocycles. The van der Waals surface area contributed by atoms with Gasteiger partial charge in [0.2, 0.25) is 0 Å². The van der Waals surface area contributed by atoms with Crippen LogP contribution in [0, 0.1) is 0 Å². The van der Waals surface area contributed by atoms with Crippen LogP contribution in [-0.2, 0) is 4.74 Å². The fraction of sp³-hybridized carbons (Fsp3) is 0.188. The number of anilines is 1. The number of hydrogen-bond donors (Lipinski definition) is 1. The van der Waals surface area contributed by atoms with Crippen molar-refractivity contribution in [2.24, 2.45) is 0 Å². The second-order valence-corrected chi connectivity index (χ2v) is 4.15. The maximum Gasteiger partial charge on any atom is 0.411 e. The summed E-state index contributed by atoms with van der Waals surface area (Å²) in [5, 5.41) is 2.62. The first kappa shape index (κ1) is 14.7. The quantitative estimate of drug-likeness (QED) is 0.901. The van der Waals surface area contributed by atoms with E-state index >= 15 is 0 Å². The van der Waals surface area contributed by atoms with Crippen LogP contribution in [-0.4, -0.2) is 19.8 Å².